The fourth-order valence-electron chi connectivity index (χ4n) is 6.49. The molecule has 0 aromatic heterocycles. The van der Waals surface area contributed by atoms with E-state index in [2.05, 4.69) is 123 Å². The van der Waals surface area contributed by atoms with Crippen molar-refractivity contribution in [1.29, 1.82) is 0 Å². The molecule has 0 aromatic rings. The van der Waals surface area contributed by atoms with Gasteiger partial charge in [0.2, 0.25) is 0 Å². The number of carbonyl (C=O) groups is 1. The number of aliphatic hydroxyl groups is 2. The number of hydrogen-bond donors (Lipinski definition) is 2. The van der Waals surface area contributed by atoms with Gasteiger partial charge in [0.15, 0.2) is 0 Å². The molecule has 236 valence electrons. The molecule has 0 unspecified atom stereocenters. The van der Waals surface area contributed by atoms with Crippen molar-refractivity contribution in [2.45, 2.75) is 120 Å². The molecule has 2 aliphatic rings. The van der Waals surface area contributed by atoms with Gasteiger partial charge in [0.25, 0.3) is 0 Å². The molecule has 0 amide bonds. The molecule has 2 rings (SSSR count). The van der Waals surface area contributed by atoms with E-state index < -0.39 is 5.41 Å². The molecule has 0 radical (unpaired) electrons. The van der Waals surface area contributed by atoms with Crippen LogP contribution in [0.15, 0.2) is 106 Å². The quantitative estimate of drug-likeness (QED) is 0.224. The van der Waals surface area contributed by atoms with Crippen LogP contribution in [0.1, 0.15) is 108 Å². The van der Waals surface area contributed by atoms with Crippen LogP contribution in [0.4, 0.5) is 0 Å². The van der Waals surface area contributed by atoms with Gasteiger partial charge in [-0.05, 0) is 83.1 Å². The Bertz CT molecular complexity index is 1270. The van der Waals surface area contributed by atoms with E-state index in [0.717, 1.165) is 24.8 Å². The number of ketones is 1. The Hall–Kier alpha value is -2.75. The Labute approximate surface area is 263 Å². The van der Waals surface area contributed by atoms with Gasteiger partial charge in [-0.1, -0.05) is 135 Å². The van der Waals surface area contributed by atoms with Gasteiger partial charge < -0.3 is 10.2 Å². The van der Waals surface area contributed by atoms with Crippen LogP contribution in [-0.4, -0.2) is 28.2 Å². The van der Waals surface area contributed by atoms with Crippen LogP contribution in [0.25, 0.3) is 0 Å². The van der Waals surface area contributed by atoms with Gasteiger partial charge in [-0.15, -0.1) is 0 Å². The monoisotopic (exact) mass is 586 g/mol. The number of Topliss-reactive ketones (excluding diaryl/α,β-unsaturated/α-hetero) is 1. The molecule has 0 aliphatic heterocycles. The topological polar surface area (TPSA) is 57.5 Å². The summed E-state index contributed by atoms with van der Waals surface area (Å²) >= 11 is 0. The minimum Gasteiger partial charge on any atom is -0.393 e. The van der Waals surface area contributed by atoms with Crippen LogP contribution < -0.4 is 0 Å². The molecule has 0 saturated heterocycles. The van der Waals surface area contributed by atoms with Crippen LogP contribution >= 0.6 is 0 Å². The summed E-state index contributed by atoms with van der Waals surface area (Å²) in [4.78, 5) is 13.0. The lowest BCUT2D eigenvalue weighted by Crippen LogP contribution is -2.37. The van der Waals surface area contributed by atoms with E-state index >= 15 is 0 Å². The first-order valence-electron chi connectivity index (χ1n) is 16.0. The van der Waals surface area contributed by atoms with Crippen molar-refractivity contribution >= 4 is 5.78 Å². The van der Waals surface area contributed by atoms with E-state index in [9.17, 15) is 15.0 Å². The van der Waals surface area contributed by atoms with Crippen molar-refractivity contribution in [3.8, 4) is 0 Å². The molecule has 0 aromatic carbocycles. The van der Waals surface area contributed by atoms with Gasteiger partial charge >= 0.3 is 0 Å². The molecule has 1 saturated carbocycles. The zero-order chi connectivity index (χ0) is 32.4. The van der Waals surface area contributed by atoms with Gasteiger partial charge in [-0.25, -0.2) is 0 Å². The molecule has 1 fully saturated rings. The van der Waals surface area contributed by atoms with E-state index in [0.29, 0.717) is 19.3 Å². The Balaban J connectivity index is 1.84. The smallest absolute Gasteiger partial charge is 0.139 e. The van der Waals surface area contributed by atoms with Crippen molar-refractivity contribution in [3.05, 3.63) is 106 Å². The first kappa shape index (κ1) is 36.4. The molecule has 0 bridgehead atoms. The number of rotatable bonds is 12. The molecular formula is C40H58O3. The van der Waals surface area contributed by atoms with Crippen molar-refractivity contribution in [2.24, 2.45) is 16.2 Å². The summed E-state index contributed by atoms with van der Waals surface area (Å²) in [6, 6.07) is 0. The largest absolute Gasteiger partial charge is 0.393 e. The molecule has 3 heteroatoms. The minimum atomic E-state index is -0.445. The Kier molecular flexibility index (Phi) is 13.4. The number of hydrogen-bond acceptors (Lipinski definition) is 3. The van der Waals surface area contributed by atoms with E-state index in [4.69, 9.17) is 0 Å². The molecule has 0 spiro atoms. The fourth-order valence-corrected chi connectivity index (χ4v) is 6.49. The van der Waals surface area contributed by atoms with Crippen molar-refractivity contribution in [1.82, 2.24) is 0 Å². The van der Waals surface area contributed by atoms with Crippen molar-refractivity contribution in [2.75, 3.05) is 0 Å². The highest BCUT2D eigenvalue weighted by atomic mass is 16.3. The van der Waals surface area contributed by atoms with Gasteiger partial charge in [-0.3, -0.25) is 4.79 Å². The zero-order valence-electron chi connectivity index (χ0n) is 28.6. The highest BCUT2D eigenvalue weighted by molar-refractivity contribution is 5.86. The van der Waals surface area contributed by atoms with E-state index in [1.807, 2.05) is 19.1 Å². The maximum absolute atomic E-state index is 13.0. The lowest BCUT2D eigenvalue weighted by molar-refractivity contribution is -0.132. The van der Waals surface area contributed by atoms with Crippen molar-refractivity contribution < 1.29 is 15.0 Å². The van der Waals surface area contributed by atoms with E-state index in [-0.39, 0.29) is 28.8 Å². The normalized spacial score (nSPS) is 27.5. The maximum atomic E-state index is 13.0. The van der Waals surface area contributed by atoms with Crippen molar-refractivity contribution in [3.63, 3.8) is 0 Å². The van der Waals surface area contributed by atoms with Crippen LogP contribution in [0, 0.1) is 16.2 Å². The second kappa shape index (κ2) is 15.8. The van der Waals surface area contributed by atoms with Gasteiger partial charge in [0.1, 0.15) is 5.78 Å². The van der Waals surface area contributed by atoms with Crippen LogP contribution in [0.3, 0.4) is 0 Å². The second-order valence-corrected chi connectivity index (χ2v) is 14.5. The van der Waals surface area contributed by atoms with Gasteiger partial charge in [-0.2, -0.15) is 0 Å². The lowest BCUT2D eigenvalue weighted by atomic mass is 9.66. The predicted molar refractivity (Wildman–Crippen MR) is 185 cm³/mol. The number of allylic oxidation sites excluding steroid dienone is 17. The Morgan fingerprint density at radius 2 is 1.26 bits per heavy atom. The summed E-state index contributed by atoms with van der Waals surface area (Å²) in [7, 11) is 0. The molecule has 3 atom stereocenters. The summed E-state index contributed by atoms with van der Waals surface area (Å²) in [6.07, 6.45) is 28.7. The third kappa shape index (κ3) is 11.0. The SMILES string of the molecule is CC1=C(/C=C/C(C)=C/C=C/C(C)=C/C=C/C=C(C)/C=C/C=C(\C)CCC(=O)[C@]2(C)C[C@@H](O)CC2(C)C)C(C)(C)C[C@H](O)C1. The molecule has 2 N–H and O–H groups in total. The summed E-state index contributed by atoms with van der Waals surface area (Å²) < 4.78 is 0. The summed E-state index contributed by atoms with van der Waals surface area (Å²) in [5.74, 6) is 0.266. The summed E-state index contributed by atoms with van der Waals surface area (Å²) in [6.45, 7) is 21.1. The Morgan fingerprint density at radius 3 is 1.79 bits per heavy atom. The van der Waals surface area contributed by atoms with Gasteiger partial charge in [0.05, 0.1) is 12.2 Å². The lowest BCUT2D eigenvalue weighted by Gasteiger charge is -2.36. The first-order valence-corrected chi connectivity index (χ1v) is 16.0. The summed E-state index contributed by atoms with van der Waals surface area (Å²) in [5.41, 5.74) is 6.71. The van der Waals surface area contributed by atoms with Gasteiger partial charge in [0, 0.05) is 11.8 Å². The highest BCUT2D eigenvalue weighted by Crippen LogP contribution is 2.53. The molecular weight excluding hydrogens is 528 g/mol. The Morgan fingerprint density at radius 1 is 0.721 bits per heavy atom. The maximum Gasteiger partial charge on any atom is 0.139 e. The predicted octanol–water partition coefficient (Wildman–Crippen LogP) is 10.0. The molecule has 43 heavy (non-hydrogen) atoms. The summed E-state index contributed by atoms with van der Waals surface area (Å²) in [5, 5.41) is 20.2. The zero-order valence-corrected chi connectivity index (χ0v) is 28.6. The third-order valence-electron chi connectivity index (χ3n) is 9.52. The average molecular weight is 587 g/mol. The van der Waals surface area contributed by atoms with Crippen LogP contribution in [0.2, 0.25) is 0 Å². The standard InChI is InChI=1S/C40H58O3/c1-29(17-13-19-31(3)21-23-36-33(5)25-34(41)26-38(36,6)7)15-11-12-16-30(2)18-14-20-32(4)22-24-37(43)40(10)28-35(42)27-39(40,8)9/h11-21,23,34-35,41-42H,22,24-28H2,1-10H3/b12-11+,17-13+,18-14+,23-21+,29-15+,30-16+,31-19+,32-20+/t34-,35+,40+/m1/s1. The highest BCUT2D eigenvalue weighted by Gasteiger charge is 2.53. The third-order valence-corrected chi connectivity index (χ3v) is 9.52. The molecule has 3 nitrogen and oxygen atoms in total. The number of aliphatic hydroxyl groups excluding tert-OH is 2. The average Bonchev–Trinajstić information content (AvgIpc) is 3.10. The molecule has 0 heterocycles. The fraction of sp³-hybridized carbons (Fsp3) is 0.525. The van der Waals surface area contributed by atoms with E-state index in [1.54, 1.807) is 0 Å². The van der Waals surface area contributed by atoms with Crippen LogP contribution in [0.5, 0.6) is 0 Å². The van der Waals surface area contributed by atoms with Crippen LogP contribution in [-0.2, 0) is 4.79 Å². The first-order chi connectivity index (χ1) is 20.0. The molecule has 2 aliphatic carbocycles. The minimum absolute atomic E-state index is 0.00265. The van der Waals surface area contributed by atoms with E-state index in [1.165, 1.54) is 27.9 Å². The second-order valence-electron chi connectivity index (χ2n) is 14.5. The number of carbonyl (C=O) groups excluding carboxylic acids is 1.